The van der Waals surface area contributed by atoms with Crippen molar-refractivity contribution in [1.29, 1.82) is 0 Å². The summed E-state index contributed by atoms with van der Waals surface area (Å²) in [7, 11) is 0. The zero-order valence-corrected chi connectivity index (χ0v) is 13.8. The summed E-state index contributed by atoms with van der Waals surface area (Å²) in [5.74, 6) is -1.25. The Labute approximate surface area is 142 Å². The van der Waals surface area contributed by atoms with Crippen LogP contribution in [0.2, 0.25) is 0 Å². The van der Waals surface area contributed by atoms with E-state index in [0.717, 1.165) is 17.4 Å². The maximum absolute atomic E-state index is 12.8. The molecule has 1 aliphatic carbocycles. The van der Waals surface area contributed by atoms with Gasteiger partial charge in [0.2, 0.25) is 5.88 Å². The standard InChI is InChI=1S/C15H19N5O5/c1-7(2)6-19-10-5-9(17-15(24)25)18-20(10)14(23)11(13(19)22)12(21)16-8-3-4-8/h5,7-8,23H,3-4,6H2,1-2H3,(H,16,21)(H,17,18)(H,24,25). The van der Waals surface area contributed by atoms with Crippen molar-refractivity contribution >= 4 is 23.5 Å². The van der Waals surface area contributed by atoms with Crippen molar-refractivity contribution in [2.45, 2.75) is 39.3 Å². The molecule has 0 aromatic carbocycles. The first-order valence-electron chi connectivity index (χ1n) is 7.94. The molecule has 0 radical (unpaired) electrons. The van der Waals surface area contributed by atoms with Crippen LogP contribution in [0, 0.1) is 5.92 Å². The molecule has 2 heterocycles. The number of aromatic hydroxyl groups is 1. The predicted molar refractivity (Wildman–Crippen MR) is 88.1 cm³/mol. The zero-order chi connectivity index (χ0) is 18.3. The minimum Gasteiger partial charge on any atom is -0.492 e. The molecule has 2 aromatic rings. The average Bonchev–Trinajstić information content (AvgIpc) is 3.20. The second-order valence-corrected chi connectivity index (χ2v) is 6.49. The fourth-order valence-corrected chi connectivity index (χ4v) is 2.56. The van der Waals surface area contributed by atoms with Crippen LogP contribution in [-0.4, -0.2) is 42.4 Å². The number of aromatic nitrogens is 3. The van der Waals surface area contributed by atoms with Gasteiger partial charge in [-0.15, -0.1) is 5.10 Å². The number of carbonyl (C=O) groups is 2. The van der Waals surface area contributed by atoms with E-state index in [4.69, 9.17) is 5.11 Å². The Balaban J connectivity index is 2.19. The lowest BCUT2D eigenvalue weighted by molar-refractivity contribution is 0.0944. The van der Waals surface area contributed by atoms with Gasteiger partial charge in [0.05, 0.1) is 0 Å². The normalized spacial score (nSPS) is 14.0. The Morgan fingerprint density at radius 2 is 2.08 bits per heavy atom. The average molecular weight is 349 g/mol. The van der Waals surface area contributed by atoms with E-state index in [9.17, 15) is 19.5 Å². The van der Waals surface area contributed by atoms with Gasteiger partial charge in [-0.1, -0.05) is 13.8 Å². The second kappa shape index (κ2) is 6.11. The summed E-state index contributed by atoms with van der Waals surface area (Å²) in [6.45, 7) is 4.07. The van der Waals surface area contributed by atoms with Crippen LogP contribution in [0.5, 0.6) is 5.88 Å². The molecule has 0 unspecified atom stereocenters. The first kappa shape index (κ1) is 16.8. The van der Waals surface area contributed by atoms with E-state index in [2.05, 4.69) is 15.7 Å². The van der Waals surface area contributed by atoms with E-state index in [1.54, 1.807) is 0 Å². The Kier molecular flexibility index (Phi) is 4.11. The molecular formula is C15H19N5O5. The highest BCUT2D eigenvalue weighted by Gasteiger charge is 2.29. The molecule has 25 heavy (non-hydrogen) atoms. The number of rotatable bonds is 5. The van der Waals surface area contributed by atoms with E-state index < -0.39 is 29.0 Å². The highest BCUT2D eigenvalue weighted by Crippen LogP contribution is 2.23. The summed E-state index contributed by atoms with van der Waals surface area (Å²) in [5.41, 5.74) is -0.841. The summed E-state index contributed by atoms with van der Waals surface area (Å²) in [4.78, 5) is 36.0. The van der Waals surface area contributed by atoms with Crippen molar-refractivity contribution in [2.24, 2.45) is 5.92 Å². The van der Waals surface area contributed by atoms with Crippen molar-refractivity contribution in [3.05, 3.63) is 22.0 Å². The van der Waals surface area contributed by atoms with Gasteiger partial charge in [-0.3, -0.25) is 19.5 Å². The van der Waals surface area contributed by atoms with E-state index in [1.165, 1.54) is 10.6 Å². The molecule has 0 saturated heterocycles. The van der Waals surface area contributed by atoms with Gasteiger partial charge < -0.3 is 15.5 Å². The van der Waals surface area contributed by atoms with Crippen LogP contribution in [0.15, 0.2) is 10.9 Å². The number of hydrogen-bond acceptors (Lipinski definition) is 5. The van der Waals surface area contributed by atoms with Crippen molar-refractivity contribution in [3.63, 3.8) is 0 Å². The highest BCUT2D eigenvalue weighted by atomic mass is 16.4. The first-order valence-corrected chi connectivity index (χ1v) is 7.94. The van der Waals surface area contributed by atoms with Crippen molar-refractivity contribution in [2.75, 3.05) is 5.32 Å². The maximum Gasteiger partial charge on any atom is 0.410 e. The molecule has 1 saturated carbocycles. The molecular weight excluding hydrogens is 330 g/mol. The fourth-order valence-electron chi connectivity index (χ4n) is 2.56. The molecule has 134 valence electrons. The Bertz CT molecular complexity index is 909. The quantitative estimate of drug-likeness (QED) is 0.631. The van der Waals surface area contributed by atoms with E-state index in [1.807, 2.05) is 13.8 Å². The number of hydrogen-bond donors (Lipinski definition) is 4. The predicted octanol–water partition coefficient (Wildman–Crippen LogP) is 0.840. The lowest BCUT2D eigenvalue weighted by Gasteiger charge is -2.14. The van der Waals surface area contributed by atoms with Crippen LogP contribution >= 0.6 is 0 Å². The monoisotopic (exact) mass is 349 g/mol. The summed E-state index contributed by atoms with van der Waals surface area (Å²) in [5, 5.41) is 27.9. The first-order chi connectivity index (χ1) is 11.8. The second-order valence-electron chi connectivity index (χ2n) is 6.49. The number of fused-ring (bicyclic) bond motifs is 1. The number of carbonyl (C=O) groups excluding carboxylic acids is 1. The zero-order valence-electron chi connectivity index (χ0n) is 13.8. The van der Waals surface area contributed by atoms with Crippen LogP contribution in [0.25, 0.3) is 5.65 Å². The van der Waals surface area contributed by atoms with Crippen LogP contribution < -0.4 is 16.2 Å². The van der Waals surface area contributed by atoms with Gasteiger partial charge in [0.15, 0.2) is 11.4 Å². The third-order valence-corrected chi connectivity index (χ3v) is 3.77. The topological polar surface area (TPSA) is 138 Å². The smallest absolute Gasteiger partial charge is 0.410 e. The summed E-state index contributed by atoms with van der Waals surface area (Å²) < 4.78 is 2.31. The third kappa shape index (κ3) is 3.28. The summed E-state index contributed by atoms with van der Waals surface area (Å²) in [6.07, 6.45) is 0.347. The Morgan fingerprint density at radius 1 is 1.40 bits per heavy atom. The van der Waals surface area contributed by atoms with Gasteiger partial charge in [0.1, 0.15) is 5.65 Å². The number of anilines is 1. The van der Waals surface area contributed by atoms with E-state index in [-0.39, 0.29) is 30.0 Å². The fraction of sp³-hybridized carbons (Fsp3) is 0.467. The van der Waals surface area contributed by atoms with Crippen LogP contribution in [0.1, 0.15) is 37.0 Å². The van der Waals surface area contributed by atoms with Crippen LogP contribution in [0.4, 0.5) is 10.6 Å². The lowest BCUT2D eigenvalue weighted by atomic mass is 10.2. The molecule has 10 heteroatoms. The molecule has 4 N–H and O–H groups in total. The van der Waals surface area contributed by atoms with Gasteiger partial charge >= 0.3 is 6.09 Å². The van der Waals surface area contributed by atoms with Gasteiger partial charge in [-0.25, -0.2) is 4.79 Å². The van der Waals surface area contributed by atoms with Crippen LogP contribution in [0.3, 0.4) is 0 Å². The minimum absolute atomic E-state index is 0.0161. The highest BCUT2D eigenvalue weighted by molar-refractivity contribution is 5.96. The van der Waals surface area contributed by atoms with Crippen molar-refractivity contribution in [3.8, 4) is 5.88 Å². The number of amides is 2. The number of nitrogens with zero attached hydrogens (tertiary/aromatic N) is 3. The van der Waals surface area contributed by atoms with Crippen LogP contribution in [-0.2, 0) is 6.54 Å². The molecule has 0 aliphatic heterocycles. The SMILES string of the molecule is CC(C)Cn1c(=O)c(C(=O)NC2CC2)c(O)n2nc(NC(=O)O)cc12. The van der Waals surface area contributed by atoms with Crippen molar-refractivity contribution < 1.29 is 19.8 Å². The van der Waals surface area contributed by atoms with Gasteiger partial charge in [-0.05, 0) is 18.8 Å². The summed E-state index contributed by atoms with van der Waals surface area (Å²) >= 11 is 0. The molecule has 2 aromatic heterocycles. The van der Waals surface area contributed by atoms with E-state index in [0.29, 0.717) is 0 Å². The van der Waals surface area contributed by atoms with Gasteiger partial charge in [0, 0.05) is 18.7 Å². The molecule has 2 amide bonds. The van der Waals surface area contributed by atoms with Gasteiger partial charge in [0.25, 0.3) is 11.5 Å². The molecule has 0 spiro atoms. The van der Waals surface area contributed by atoms with Crippen molar-refractivity contribution in [1.82, 2.24) is 19.5 Å². The third-order valence-electron chi connectivity index (χ3n) is 3.77. The summed E-state index contributed by atoms with van der Waals surface area (Å²) in [6, 6.07) is 1.35. The Morgan fingerprint density at radius 3 is 2.64 bits per heavy atom. The lowest BCUT2D eigenvalue weighted by Crippen LogP contribution is -2.36. The van der Waals surface area contributed by atoms with Gasteiger partial charge in [-0.2, -0.15) is 4.52 Å². The van der Waals surface area contributed by atoms with E-state index >= 15 is 0 Å². The molecule has 1 fully saturated rings. The molecule has 0 atom stereocenters. The number of nitrogens with one attached hydrogen (secondary N) is 2. The maximum atomic E-state index is 12.8. The molecule has 10 nitrogen and oxygen atoms in total. The Hall–Kier alpha value is -3.04. The number of carboxylic acid groups (broad SMARTS) is 1. The molecule has 0 bridgehead atoms. The molecule has 1 aliphatic rings. The minimum atomic E-state index is -1.33. The molecule has 3 rings (SSSR count). The largest absolute Gasteiger partial charge is 0.492 e.